The van der Waals surface area contributed by atoms with E-state index < -0.39 is 10.0 Å². The topological polar surface area (TPSA) is 84.7 Å². The van der Waals surface area contributed by atoms with E-state index in [2.05, 4.69) is 5.10 Å². The van der Waals surface area contributed by atoms with Gasteiger partial charge < -0.3 is 9.64 Å². The van der Waals surface area contributed by atoms with Crippen LogP contribution < -0.4 is 0 Å². The number of hydrogen-bond acceptors (Lipinski definition) is 5. The molecule has 0 saturated carbocycles. The van der Waals surface area contributed by atoms with Gasteiger partial charge in [-0.3, -0.25) is 4.79 Å². The Kier molecular flexibility index (Phi) is 5.95. The quantitative estimate of drug-likeness (QED) is 0.735. The molecule has 2 aliphatic rings. The van der Waals surface area contributed by atoms with E-state index in [1.807, 2.05) is 35.2 Å². The second kappa shape index (κ2) is 8.49. The number of morpholine rings is 1. The van der Waals surface area contributed by atoms with Crippen molar-refractivity contribution in [3.05, 3.63) is 41.7 Å². The highest BCUT2D eigenvalue weighted by Gasteiger charge is 2.36. The van der Waals surface area contributed by atoms with Crippen molar-refractivity contribution in [3.8, 4) is 5.69 Å². The summed E-state index contributed by atoms with van der Waals surface area (Å²) in [6.45, 7) is 6.59. The number of carbonyl (C=O) groups is 1. The molecular formula is C21H28N4O4S. The van der Waals surface area contributed by atoms with E-state index in [-0.39, 0.29) is 16.7 Å². The molecule has 9 heteroatoms. The lowest BCUT2D eigenvalue weighted by Gasteiger charge is -2.35. The van der Waals surface area contributed by atoms with Crippen LogP contribution in [0.3, 0.4) is 0 Å². The first-order chi connectivity index (χ1) is 14.4. The molecule has 1 amide bonds. The summed E-state index contributed by atoms with van der Waals surface area (Å²) < 4.78 is 35.3. The summed E-state index contributed by atoms with van der Waals surface area (Å²) in [6, 6.07) is 9.51. The van der Waals surface area contributed by atoms with Gasteiger partial charge in [0.25, 0.3) is 0 Å². The second-order valence-electron chi connectivity index (χ2n) is 7.86. The molecule has 0 unspecified atom stereocenters. The van der Waals surface area contributed by atoms with Crippen LogP contribution in [0.5, 0.6) is 0 Å². The van der Waals surface area contributed by atoms with Gasteiger partial charge in [0.15, 0.2) is 0 Å². The Morgan fingerprint density at radius 1 is 1.03 bits per heavy atom. The third-order valence-electron chi connectivity index (χ3n) is 5.95. The first-order valence-corrected chi connectivity index (χ1v) is 11.8. The van der Waals surface area contributed by atoms with Crippen LogP contribution in [0.4, 0.5) is 0 Å². The predicted octanol–water partition coefficient (Wildman–Crippen LogP) is 1.75. The summed E-state index contributed by atoms with van der Waals surface area (Å²) in [5.41, 5.74) is 1.92. The van der Waals surface area contributed by atoms with E-state index in [1.165, 1.54) is 4.31 Å². The van der Waals surface area contributed by atoms with Gasteiger partial charge in [0.05, 0.1) is 30.3 Å². The standard InChI is InChI=1S/C21H28N4O4S/c1-16-20(17(2)25(22-16)19-6-4-3-5-7-19)30(27,28)24-10-8-18(9-11-24)21(26)23-12-14-29-15-13-23/h3-7,18H,8-15H2,1-2H3. The van der Waals surface area contributed by atoms with Crippen LogP contribution in [-0.4, -0.2) is 72.7 Å². The maximum atomic E-state index is 13.4. The monoisotopic (exact) mass is 432 g/mol. The van der Waals surface area contributed by atoms with Crippen molar-refractivity contribution in [3.63, 3.8) is 0 Å². The number of aryl methyl sites for hydroxylation is 1. The third-order valence-corrected chi connectivity index (χ3v) is 8.10. The fraction of sp³-hybridized carbons (Fsp3) is 0.524. The molecule has 0 aliphatic carbocycles. The number of benzene rings is 1. The van der Waals surface area contributed by atoms with Crippen LogP contribution in [0.1, 0.15) is 24.2 Å². The summed E-state index contributed by atoms with van der Waals surface area (Å²) >= 11 is 0. The number of amides is 1. The molecule has 2 aliphatic heterocycles. The number of rotatable bonds is 4. The second-order valence-corrected chi connectivity index (χ2v) is 9.74. The number of sulfonamides is 1. The molecular weight excluding hydrogens is 404 g/mol. The Bertz CT molecular complexity index is 1010. The third kappa shape index (κ3) is 3.89. The van der Waals surface area contributed by atoms with E-state index in [1.54, 1.807) is 18.5 Å². The van der Waals surface area contributed by atoms with Crippen molar-refractivity contribution in [2.75, 3.05) is 39.4 Å². The SMILES string of the molecule is Cc1nn(-c2ccccc2)c(C)c1S(=O)(=O)N1CCC(C(=O)N2CCOCC2)CC1. The number of hydrogen-bond donors (Lipinski definition) is 0. The number of aromatic nitrogens is 2. The van der Waals surface area contributed by atoms with Gasteiger partial charge in [-0.1, -0.05) is 18.2 Å². The average Bonchev–Trinajstić information content (AvgIpc) is 3.09. The highest BCUT2D eigenvalue weighted by molar-refractivity contribution is 7.89. The minimum atomic E-state index is -3.68. The Morgan fingerprint density at radius 3 is 2.30 bits per heavy atom. The van der Waals surface area contributed by atoms with E-state index in [9.17, 15) is 13.2 Å². The fourth-order valence-corrected chi connectivity index (χ4v) is 6.16. The average molecular weight is 433 g/mol. The molecule has 0 radical (unpaired) electrons. The van der Waals surface area contributed by atoms with Crippen molar-refractivity contribution < 1.29 is 17.9 Å². The molecule has 4 rings (SSSR count). The molecule has 8 nitrogen and oxygen atoms in total. The number of para-hydroxylation sites is 1. The van der Waals surface area contributed by atoms with Crippen LogP contribution >= 0.6 is 0 Å². The Labute approximate surface area is 177 Å². The van der Waals surface area contributed by atoms with E-state index in [0.29, 0.717) is 63.6 Å². The van der Waals surface area contributed by atoms with Gasteiger partial charge in [0.1, 0.15) is 4.90 Å². The van der Waals surface area contributed by atoms with E-state index in [4.69, 9.17) is 4.74 Å². The Morgan fingerprint density at radius 2 is 1.67 bits per heavy atom. The molecule has 0 spiro atoms. The Balaban J connectivity index is 1.50. The zero-order valence-electron chi connectivity index (χ0n) is 17.5. The van der Waals surface area contributed by atoms with Crippen LogP contribution in [0.25, 0.3) is 5.69 Å². The van der Waals surface area contributed by atoms with Gasteiger partial charge in [0.2, 0.25) is 15.9 Å². The molecule has 0 bridgehead atoms. The lowest BCUT2D eigenvalue weighted by molar-refractivity contribution is -0.140. The first-order valence-electron chi connectivity index (χ1n) is 10.4. The van der Waals surface area contributed by atoms with E-state index in [0.717, 1.165) is 5.69 Å². The summed E-state index contributed by atoms with van der Waals surface area (Å²) in [5, 5.41) is 4.48. The zero-order valence-corrected chi connectivity index (χ0v) is 18.3. The smallest absolute Gasteiger partial charge is 0.246 e. The van der Waals surface area contributed by atoms with Crippen LogP contribution in [0.15, 0.2) is 35.2 Å². The van der Waals surface area contributed by atoms with Crippen molar-refractivity contribution in [2.45, 2.75) is 31.6 Å². The van der Waals surface area contributed by atoms with Crippen molar-refractivity contribution in [1.29, 1.82) is 0 Å². The van der Waals surface area contributed by atoms with Crippen molar-refractivity contribution in [1.82, 2.24) is 19.0 Å². The minimum Gasteiger partial charge on any atom is -0.378 e. The molecule has 0 atom stereocenters. The maximum absolute atomic E-state index is 13.4. The highest BCUT2D eigenvalue weighted by Crippen LogP contribution is 2.29. The first kappa shape index (κ1) is 21.0. The predicted molar refractivity (Wildman–Crippen MR) is 112 cm³/mol. The number of carbonyl (C=O) groups excluding carboxylic acids is 1. The van der Waals surface area contributed by atoms with Gasteiger partial charge in [-0.15, -0.1) is 0 Å². The molecule has 30 heavy (non-hydrogen) atoms. The maximum Gasteiger partial charge on any atom is 0.246 e. The van der Waals surface area contributed by atoms with Crippen LogP contribution in [0.2, 0.25) is 0 Å². The molecule has 2 saturated heterocycles. The molecule has 2 fully saturated rings. The molecule has 0 N–H and O–H groups in total. The van der Waals surface area contributed by atoms with Gasteiger partial charge >= 0.3 is 0 Å². The number of nitrogens with zero attached hydrogens (tertiary/aromatic N) is 4. The summed E-state index contributed by atoms with van der Waals surface area (Å²) in [7, 11) is -3.68. The minimum absolute atomic E-state index is 0.121. The summed E-state index contributed by atoms with van der Waals surface area (Å²) in [6.07, 6.45) is 1.08. The van der Waals surface area contributed by atoms with Gasteiger partial charge in [-0.05, 0) is 38.8 Å². The van der Waals surface area contributed by atoms with Gasteiger partial charge in [-0.25, -0.2) is 13.1 Å². The lowest BCUT2D eigenvalue weighted by Crippen LogP contribution is -2.47. The highest BCUT2D eigenvalue weighted by atomic mass is 32.2. The number of ether oxygens (including phenoxy) is 1. The van der Waals surface area contributed by atoms with Gasteiger partial charge in [-0.2, -0.15) is 9.40 Å². The van der Waals surface area contributed by atoms with E-state index >= 15 is 0 Å². The summed E-state index contributed by atoms with van der Waals surface area (Å²) in [5.74, 6) is 0.00314. The van der Waals surface area contributed by atoms with Crippen LogP contribution in [0, 0.1) is 19.8 Å². The van der Waals surface area contributed by atoms with Crippen LogP contribution in [-0.2, 0) is 19.6 Å². The lowest BCUT2D eigenvalue weighted by atomic mass is 9.96. The molecule has 2 aromatic rings. The largest absolute Gasteiger partial charge is 0.378 e. The molecule has 3 heterocycles. The molecule has 1 aromatic heterocycles. The van der Waals surface area contributed by atoms with Crippen molar-refractivity contribution >= 4 is 15.9 Å². The molecule has 162 valence electrons. The Hall–Kier alpha value is -2.23. The van der Waals surface area contributed by atoms with Crippen molar-refractivity contribution in [2.24, 2.45) is 5.92 Å². The fourth-order valence-electron chi connectivity index (χ4n) is 4.34. The normalized spacial score (nSPS) is 19.2. The summed E-state index contributed by atoms with van der Waals surface area (Å²) in [4.78, 5) is 14.8. The zero-order chi connectivity index (χ0) is 21.3. The molecule has 1 aromatic carbocycles. The number of piperidine rings is 1. The van der Waals surface area contributed by atoms with Gasteiger partial charge in [0, 0.05) is 32.1 Å².